The Morgan fingerprint density at radius 3 is 2.50 bits per heavy atom. The molecule has 5 nitrogen and oxygen atoms in total. The Bertz CT molecular complexity index is 934. The van der Waals surface area contributed by atoms with Crippen LogP contribution in [0.4, 0.5) is 4.39 Å². The van der Waals surface area contributed by atoms with Crippen LogP contribution in [-0.2, 0) is 9.53 Å². The number of para-hydroxylation sites is 1. The lowest BCUT2D eigenvalue weighted by molar-refractivity contribution is -0.129. The van der Waals surface area contributed by atoms with E-state index in [0.29, 0.717) is 5.56 Å². The molecule has 2 aromatic carbocycles. The first-order chi connectivity index (χ1) is 12.5. The molecule has 0 spiro atoms. The van der Waals surface area contributed by atoms with E-state index in [9.17, 15) is 14.0 Å². The summed E-state index contributed by atoms with van der Waals surface area (Å²) in [4.78, 5) is 27.7. The summed E-state index contributed by atoms with van der Waals surface area (Å²) >= 11 is 0. The van der Waals surface area contributed by atoms with Gasteiger partial charge in [-0.2, -0.15) is 0 Å². The van der Waals surface area contributed by atoms with E-state index in [1.54, 1.807) is 25.3 Å². The molecule has 0 aliphatic rings. The van der Waals surface area contributed by atoms with Gasteiger partial charge in [-0.25, -0.2) is 9.18 Å². The van der Waals surface area contributed by atoms with E-state index in [2.05, 4.69) is 10.3 Å². The fraction of sp³-hybridized carbons (Fsp3) is 0.200. The normalized spacial score (nSPS) is 13.2. The van der Waals surface area contributed by atoms with E-state index in [-0.39, 0.29) is 11.9 Å². The third-order valence-corrected chi connectivity index (χ3v) is 4.19. The fourth-order valence-corrected chi connectivity index (χ4v) is 2.68. The average molecular weight is 354 g/mol. The Balaban J connectivity index is 1.63. The van der Waals surface area contributed by atoms with Crippen LogP contribution in [0.15, 0.2) is 54.7 Å². The number of hydrogen-bond acceptors (Lipinski definition) is 3. The van der Waals surface area contributed by atoms with Gasteiger partial charge in [0.05, 0.1) is 11.6 Å². The monoisotopic (exact) mass is 354 g/mol. The Kier molecular flexibility index (Phi) is 5.02. The van der Waals surface area contributed by atoms with Gasteiger partial charge < -0.3 is 15.0 Å². The minimum absolute atomic E-state index is 0.336. The molecule has 0 unspecified atom stereocenters. The van der Waals surface area contributed by atoms with Gasteiger partial charge in [-0.15, -0.1) is 0 Å². The largest absolute Gasteiger partial charge is 0.449 e. The number of halogens is 1. The van der Waals surface area contributed by atoms with Gasteiger partial charge >= 0.3 is 5.97 Å². The second-order valence-corrected chi connectivity index (χ2v) is 6.08. The van der Waals surface area contributed by atoms with Crippen LogP contribution in [0.1, 0.15) is 35.8 Å². The number of aromatic nitrogens is 1. The minimum Gasteiger partial charge on any atom is -0.449 e. The van der Waals surface area contributed by atoms with Crippen molar-refractivity contribution in [3.63, 3.8) is 0 Å². The topological polar surface area (TPSA) is 71.2 Å². The molecule has 3 aromatic rings. The van der Waals surface area contributed by atoms with Crippen molar-refractivity contribution in [1.29, 1.82) is 0 Å². The Labute approximate surface area is 150 Å². The number of aromatic amines is 1. The molecule has 2 atom stereocenters. The molecule has 134 valence electrons. The summed E-state index contributed by atoms with van der Waals surface area (Å²) in [5.41, 5.74) is 1.96. The van der Waals surface area contributed by atoms with Gasteiger partial charge in [0.1, 0.15) is 5.82 Å². The quantitative estimate of drug-likeness (QED) is 0.686. The number of carbonyl (C=O) groups is 2. The highest BCUT2D eigenvalue weighted by atomic mass is 19.1. The zero-order valence-electron chi connectivity index (χ0n) is 14.5. The lowest BCUT2D eigenvalue weighted by atomic mass is 10.1. The van der Waals surface area contributed by atoms with Crippen molar-refractivity contribution in [2.24, 2.45) is 0 Å². The third-order valence-electron chi connectivity index (χ3n) is 4.19. The summed E-state index contributed by atoms with van der Waals surface area (Å²) in [5, 5.41) is 3.50. The molecule has 0 saturated carbocycles. The van der Waals surface area contributed by atoms with Gasteiger partial charge in [0.2, 0.25) is 0 Å². The third kappa shape index (κ3) is 3.74. The van der Waals surface area contributed by atoms with Crippen molar-refractivity contribution >= 4 is 22.8 Å². The highest BCUT2D eigenvalue weighted by Crippen LogP contribution is 2.19. The maximum Gasteiger partial charge on any atom is 0.341 e. The highest BCUT2D eigenvalue weighted by Gasteiger charge is 2.22. The van der Waals surface area contributed by atoms with Crippen molar-refractivity contribution in [2.75, 3.05) is 0 Å². The molecule has 0 bridgehead atoms. The standard InChI is InChI=1S/C20H19FN2O3/c1-12(14-7-9-15(21)10-8-14)23-19(24)13(2)26-20(25)17-11-22-18-6-4-3-5-16(17)18/h3-13,22H,1-2H3,(H,23,24)/t12-,13-/m1/s1. The number of ether oxygens (including phenoxy) is 1. The maximum absolute atomic E-state index is 13.0. The molecule has 0 radical (unpaired) electrons. The second kappa shape index (κ2) is 7.39. The van der Waals surface area contributed by atoms with Crippen molar-refractivity contribution in [1.82, 2.24) is 10.3 Å². The van der Waals surface area contributed by atoms with E-state index < -0.39 is 18.0 Å². The molecule has 1 heterocycles. The zero-order chi connectivity index (χ0) is 18.7. The zero-order valence-corrected chi connectivity index (χ0v) is 14.5. The van der Waals surface area contributed by atoms with Crippen LogP contribution >= 0.6 is 0 Å². The van der Waals surface area contributed by atoms with Crippen LogP contribution in [0, 0.1) is 5.82 Å². The number of hydrogen-bond donors (Lipinski definition) is 2. The van der Waals surface area contributed by atoms with Gasteiger partial charge in [-0.3, -0.25) is 4.79 Å². The Morgan fingerprint density at radius 2 is 1.77 bits per heavy atom. The van der Waals surface area contributed by atoms with E-state index in [1.165, 1.54) is 19.1 Å². The van der Waals surface area contributed by atoms with Crippen LogP contribution in [-0.4, -0.2) is 23.0 Å². The first kappa shape index (κ1) is 17.7. The summed E-state index contributed by atoms with van der Waals surface area (Å²) in [6.45, 7) is 3.29. The maximum atomic E-state index is 13.0. The Morgan fingerprint density at radius 1 is 1.08 bits per heavy atom. The molecule has 3 rings (SSSR count). The van der Waals surface area contributed by atoms with Crippen molar-refractivity contribution < 1.29 is 18.7 Å². The molecule has 0 saturated heterocycles. The van der Waals surface area contributed by atoms with E-state index in [4.69, 9.17) is 4.74 Å². The van der Waals surface area contributed by atoms with E-state index in [1.807, 2.05) is 24.3 Å². The molecule has 26 heavy (non-hydrogen) atoms. The van der Waals surface area contributed by atoms with Gasteiger partial charge in [0.15, 0.2) is 6.10 Å². The molecule has 0 aliphatic carbocycles. The predicted molar refractivity (Wildman–Crippen MR) is 96.1 cm³/mol. The van der Waals surface area contributed by atoms with Crippen LogP contribution < -0.4 is 5.32 Å². The van der Waals surface area contributed by atoms with Gasteiger partial charge in [-0.05, 0) is 37.6 Å². The first-order valence-corrected chi connectivity index (χ1v) is 8.28. The van der Waals surface area contributed by atoms with Crippen molar-refractivity contribution in [3.05, 3.63) is 71.7 Å². The summed E-state index contributed by atoms with van der Waals surface area (Å²) in [5.74, 6) is -1.33. The number of esters is 1. The molecule has 6 heteroatoms. The summed E-state index contributed by atoms with van der Waals surface area (Å²) in [7, 11) is 0. The number of fused-ring (bicyclic) bond motifs is 1. The van der Waals surface area contributed by atoms with E-state index in [0.717, 1.165) is 16.5 Å². The van der Waals surface area contributed by atoms with Crippen LogP contribution in [0.5, 0.6) is 0 Å². The van der Waals surface area contributed by atoms with Gasteiger partial charge in [-0.1, -0.05) is 30.3 Å². The molecule has 1 amide bonds. The Hall–Kier alpha value is -3.15. The SMILES string of the molecule is C[C@@H](OC(=O)c1c[nH]c2ccccc12)C(=O)N[C@H](C)c1ccc(F)cc1. The number of H-pyrrole nitrogens is 1. The van der Waals surface area contributed by atoms with Crippen LogP contribution in [0.3, 0.4) is 0 Å². The van der Waals surface area contributed by atoms with Crippen LogP contribution in [0.2, 0.25) is 0 Å². The molecular formula is C20H19FN2O3. The molecule has 2 N–H and O–H groups in total. The number of nitrogens with one attached hydrogen (secondary N) is 2. The molecule has 0 aliphatic heterocycles. The minimum atomic E-state index is -0.959. The average Bonchev–Trinajstić information content (AvgIpc) is 3.06. The summed E-state index contributed by atoms with van der Waals surface area (Å²) < 4.78 is 18.3. The first-order valence-electron chi connectivity index (χ1n) is 8.28. The van der Waals surface area contributed by atoms with Crippen LogP contribution in [0.25, 0.3) is 10.9 Å². The van der Waals surface area contributed by atoms with E-state index >= 15 is 0 Å². The number of rotatable bonds is 5. The lowest BCUT2D eigenvalue weighted by Gasteiger charge is -2.18. The van der Waals surface area contributed by atoms with Gasteiger partial charge in [0, 0.05) is 17.1 Å². The van der Waals surface area contributed by atoms with Crippen molar-refractivity contribution in [3.8, 4) is 0 Å². The molecule has 0 fully saturated rings. The number of carbonyl (C=O) groups excluding carboxylic acids is 2. The van der Waals surface area contributed by atoms with Gasteiger partial charge in [0.25, 0.3) is 5.91 Å². The second-order valence-electron chi connectivity index (χ2n) is 6.08. The van der Waals surface area contributed by atoms with Crippen molar-refractivity contribution in [2.45, 2.75) is 26.0 Å². The number of benzene rings is 2. The molecular weight excluding hydrogens is 335 g/mol. The summed E-state index contributed by atoms with van der Waals surface area (Å²) in [6.07, 6.45) is 0.609. The lowest BCUT2D eigenvalue weighted by Crippen LogP contribution is -2.37. The summed E-state index contributed by atoms with van der Waals surface area (Å²) in [6, 6.07) is 12.9. The fourth-order valence-electron chi connectivity index (χ4n) is 2.68. The molecule has 1 aromatic heterocycles. The highest BCUT2D eigenvalue weighted by molar-refractivity contribution is 6.04. The predicted octanol–water partition coefficient (Wildman–Crippen LogP) is 3.73. The smallest absolute Gasteiger partial charge is 0.341 e. The number of amides is 1.